The second-order valence-corrected chi connectivity index (χ2v) is 7.28. The topological polar surface area (TPSA) is 63.2 Å². The van der Waals surface area contributed by atoms with Crippen molar-refractivity contribution in [3.8, 4) is 0 Å². The summed E-state index contributed by atoms with van der Waals surface area (Å²) in [5.74, 6) is -0.382. The summed E-state index contributed by atoms with van der Waals surface area (Å²) >= 11 is 5.77. The van der Waals surface area contributed by atoms with E-state index in [1.54, 1.807) is 24.3 Å². The molecular weight excluding hydrogens is 333 g/mol. The molecule has 0 bridgehead atoms. The third-order valence-corrected chi connectivity index (χ3v) is 4.35. The molecule has 0 heterocycles. The van der Waals surface area contributed by atoms with Crippen molar-refractivity contribution in [1.82, 2.24) is 5.32 Å². The van der Waals surface area contributed by atoms with Crippen LogP contribution < -0.4 is 5.32 Å². The average Bonchev–Trinajstić information content (AvgIpc) is 2.45. The zero-order valence-corrected chi connectivity index (χ0v) is 13.0. The minimum Gasteiger partial charge on any atom is -0.348 e. The molecule has 1 amide bonds. The van der Waals surface area contributed by atoms with Gasteiger partial charge in [-0.2, -0.15) is 0 Å². The van der Waals surface area contributed by atoms with E-state index in [1.165, 1.54) is 24.3 Å². The summed E-state index contributed by atoms with van der Waals surface area (Å²) in [6.45, 7) is 0.313. The molecule has 21 heavy (non-hydrogen) atoms. The van der Waals surface area contributed by atoms with E-state index >= 15 is 0 Å². The standard InChI is InChI=1S/C14H11Cl2NO3S/c15-12-6-4-10(5-7-12)9-17-14(18)11-2-1-3-13(8-11)21(16,19)20/h1-8H,9H2,(H,17,18). The van der Waals surface area contributed by atoms with Gasteiger partial charge in [0.05, 0.1) is 4.90 Å². The lowest BCUT2D eigenvalue weighted by atomic mass is 10.2. The predicted octanol–water partition coefficient (Wildman–Crippen LogP) is 3.20. The van der Waals surface area contributed by atoms with Crippen molar-refractivity contribution < 1.29 is 13.2 Å². The Labute approximate surface area is 132 Å². The van der Waals surface area contributed by atoms with Crippen molar-refractivity contribution in [2.75, 3.05) is 0 Å². The molecule has 0 fully saturated rings. The number of carbonyl (C=O) groups excluding carboxylic acids is 1. The Morgan fingerprint density at radius 2 is 1.76 bits per heavy atom. The predicted molar refractivity (Wildman–Crippen MR) is 82.1 cm³/mol. The molecule has 0 unspecified atom stereocenters. The molecule has 1 N–H and O–H groups in total. The van der Waals surface area contributed by atoms with E-state index in [9.17, 15) is 13.2 Å². The molecule has 0 aliphatic heterocycles. The van der Waals surface area contributed by atoms with E-state index in [-0.39, 0.29) is 16.4 Å². The Kier molecular flexibility index (Phi) is 4.88. The van der Waals surface area contributed by atoms with Gasteiger partial charge in [-0.1, -0.05) is 29.8 Å². The fourth-order valence-electron chi connectivity index (χ4n) is 1.68. The zero-order chi connectivity index (χ0) is 15.5. The first-order valence-electron chi connectivity index (χ1n) is 5.93. The lowest BCUT2D eigenvalue weighted by Gasteiger charge is -2.06. The molecule has 0 aliphatic rings. The minimum atomic E-state index is -3.85. The number of hydrogen-bond donors (Lipinski definition) is 1. The molecule has 4 nitrogen and oxygen atoms in total. The van der Waals surface area contributed by atoms with Crippen LogP contribution >= 0.6 is 22.3 Å². The SMILES string of the molecule is O=C(NCc1ccc(Cl)cc1)c1cccc(S(=O)(=O)Cl)c1. The van der Waals surface area contributed by atoms with Gasteiger partial charge in [0.15, 0.2) is 0 Å². The van der Waals surface area contributed by atoms with Crippen LogP contribution in [0.25, 0.3) is 0 Å². The summed E-state index contributed by atoms with van der Waals surface area (Å²) in [6.07, 6.45) is 0. The van der Waals surface area contributed by atoms with E-state index in [0.717, 1.165) is 5.56 Å². The molecule has 2 rings (SSSR count). The average molecular weight is 344 g/mol. The second-order valence-electron chi connectivity index (χ2n) is 4.27. The molecule has 0 spiro atoms. The third-order valence-electron chi connectivity index (χ3n) is 2.74. The summed E-state index contributed by atoms with van der Waals surface area (Å²) in [7, 11) is 1.40. The lowest BCUT2D eigenvalue weighted by Crippen LogP contribution is -2.22. The molecule has 0 aliphatic carbocycles. The second kappa shape index (κ2) is 6.47. The Morgan fingerprint density at radius 3 is 2.38 bits per heavy atom. The van der Waals surface area contributed by atoms with Crippen LogP contribution in [-0.2, 0) is 15.6 Å². The van der Waals surface area contributed by atoms with Crippen LogP contribution in [-0.4, -0.2) is 14.3 Å². The first-order valence-corrected chi connectivity index (χ1v) is 8.62. The fraction of sp³-hybridized carbons (Fsp3) is 0.0714. The van der Waals surface area contributed by atoms with Gasteiger partial charge in [-0.3, -0.25) is 4.79 Å². The Bertz CT molecular complexity index is 758. The number of rotatable bonds is 4. The number of hydrogen-bond acceptors (Lipinski definition) is 3. The molecule has 0 aromatic heterocycles. The van der Waals surface area contributed by atoms with Crippen LogP contribution in [0.1, 0.15) is 15.9 Å². The number of halogens is 2. The Morgan fingerprint density at radius 1 is 1.10 bits per heavy atom. The van der Waals surface area contributed by atoms with Crippen molar-refractivity contribution >= 4 is 37.2 Å². The van der Waals surface area contributed by atoms with Crippen LogP contribution in [0.2, 0.25) is 5.02 Å². The van der Waals surface area contributed by atoms with Gasteiger partial charge in [0.25, 0.3) is 15.0 Å². The van der Waals surface area contributed by atoms with Gasteiger partial charge in [-0.25, -0.2) is 8.42 Å². The largest absolute Gasteiger partial charge is 0.348 e. The highest BCUT2D eigenvalue weighted by Gasteiger charge is 2.13. The lowest BCUT2D eigenvalue weighted by molar-refractivity contribution is 0.0950. The smallest absolute Gasteiger partial charge is 0.261 e. The van der Waals surface area contributed by atoms with Crippen LogP contribution in [0.15, 0.2) is 53.4 Å². The van der Waals surface area contributed by atoms with Gasteiger partial charge in [-0.05, 0) is 35.9 Å². The fourth-order valence-corrected chi connectivity index (χ4v) is 2.60. The number of carbonyl (C=O) groups is 1. The first kappa shape index (κ1) is 15.8. The normalized spacial score (nSPS) is 11.1. The minimum absolute atomic E-state index is 0.108. The van der Waals surface area contributed by atoms with Gasteiger partial charge < -0.3 is 5.32 Å². The monoisotopic (exact) mass is 343 g/mol. The van der Waals surface area contributed by atoms with Crippen LogP contribution in [0.4, 0.5) is 0 Å². The summed E-state index contributed by atoms with van der Waals surface area (Å²) in [6, 6.07) is 12.6. The first-order chi connectivity index (χ1) is 9.86. The summed E-state index contributed by atoms with van der Waals surface area (Å²) in [5, 5.41) is 3.31. The maximum absolute atomic E-state index is 12.0. The van der Waals surface area contributed by atoms with Crippen LogP contribution in [0.5, 0.6) is 0 Å². The molecule has 0 saturated heterocycles. The Hall–Kier alpha value is -1.56. The summed E-state index contributed by atoms with van der Waals surface area (Å²) < 4.78 is 22.5. The van der Waals surface area contributed by atoms with Crippen LogP contribution in [0, 0.1) is 0 Å². The van der Waals surface area contributed by atoms with Crippen molar-refractivity contribution in [1.29, 1.82) is 0 Å². The van der Waals surface area contributed by atoms with Crippen molar-refractivity contribution in [3.63, 3.8) is 0 Å². The van der Waals surface area contributed by atoms with Gasteiger partial charge in [-0.15, -0.1) is 0 Å². The van der Waals surface area contributed by atoms with Crippen LogP contribution in [0.3, 0.4) is 0 Å². The molecule has 0 atom stereocenters. The molecule has 0 radical (unpaired) electrons. The van der Waals surface area contributed by atoms with Crippen molar-refractivity contribution in [2.24, 2.45) is 0 Å². The highest BCUT2D eigenvalue weighted by molar-refractivity contribution is 8.13. The van der Waals surface area contributed by atoms with E-state index in [2.05, 4.69) is 5.32 Å². The molecule has 2 aromatic rings. The molecule has 7 heteroatoms. The summed E-state index contributed by atoms with van der Waals surface area (Å²) in [4.78, 5) is 11.9. The Balaban J connectivity index is 2.08. The quantitative estimate of drug-likeness (QED) is 0.867. The molecule has 110 valence electrons. The van der Waals surface area contributed by atoms with Gasteiger partial charge in [0.1, 0.15) is 0 Å². The van der Waals surface area contributed by atoms with Gasteiger partial charge in [0, 0.05) is 27.8 Å². The summed E-state index contributed by atoms with van der Waals surface area (Å²) in [5.41, 5.74) is 1.11. The highest BCUT2D eigenvalue weighted by Crippen LogP contribution is 2.16. The van der Waals surface area contributed by atoms with E-state index < -0.39 is 9.05 Å². The molecule has 0 saturated carbocycles. The van der Waals surface area contributed by atoms with E-state index in [0.29, 0.717) is 11.6 Å². The van der Waals surface area contributed by atoms with Gasteiger partial charge in [0.2, 0.25) is 0 Å². The van der Waals surface area contributed by atoms with E-state index in [4.69, 9.17) is 22.3 Å². The maximum Gasteiger partial charge on any atom is 0.261 e. The number of nitrogens with one attached hydrogen (secondary N) is 1. The molecular formula is C14H11Cl2NO3S. The zero-order valence-electron chi connectivity index (χ0n) is 10.7. The van der Waals surface area contributed by atoms with Crippen molar-refractivity contribution in [2.45, 2.75) is 11.4 Å². The highest BCUT2D eigenvalue weighted by atomic mass is 35.7. The number of benzene rings is 2. The van der Waals surface area contributed by atoms with E-state index in [1.807, 2.05) is 0 Å². The third kappa shape index (κ3) is 4.46. The maximum atomic E-state index is 12.0. The van der Waals surface area contributed by atoms with Crippen molar-refractivity contribution in [3.05, 3.63) is 64.7 Å². The van der Waals surface area contributed by atoms with Gasteiger partial charge >= 0.3 is 0 Å². The number of amides is 1. The molecule has 2 aromatic carbocycles.